The molecule has 0 aliphatic rings. The first-order valence-electron chi connectivity index (χ1n) is 6.86. The minimum absolute atomic E-state index is 0.202. The SMILES string of the molecule is CCn1cc(NC(=O)c2cc(NN)nc(C(C)C)c2)cn1. The Morgan fingerprint density at radius 1 is 1.43 bits per heavy atom. The van der Waals surface area contributed by atoms with Gasteiger partial charge in [-0.25, -0.2) is 10.8 Å². The monoisotopic (exact) mass is 288 g/mol. The fraction of sp³-hybridized carbons (Fsp3) is 0.357. The number of hydrazine groups is 1. The first-order chi connectivity index (χ1) is 10.0. The highest BCUT2D eigenvalue weighted by atomic mass is 16.1. The van der Waals surface area contributed by atoms with E-state index in [9.17, 15) is 4.79 Å². The predicted molar refractivity (Wildman–Crippen MR) is 82.0 cm³/mol. The first kappa shape index (κ1) is 15.0. The summed E-state index contributed by atoms with van der Waals surface area (Å²) in [6.07, 6.45) is 3.40. The number of anilines is 2. The maximum Gasteiger partial charge on any atom is 0.255 e. The van der Waals surface area contributed by atoms with Gasteiger partial charge in [0.05, 0.1) is 11.9 Å². The highest BCUT2D eigenvalue weighted by Crippen LogP contribution is 2.18. The third-order valence-corrected chi connectivity index (χ3v) is 3.06. The number of carbonyl (C=O) groups excluding carboxylic acids is 1. The van der Waals surface area contributed by atoms with E-state index in [1.54, 1.807) is 29.2 Å². The van der Waals surface area contributed by atoms with Gasteiger partial charge in [0.25, 0.3) is 5.91 Å². The molecule has 0 aliphatic carbocycles. The van der Waals surface area contributed by atoms with Crippen molar-refractivity contribution in [2.45, 2.75) is 33.2 Å². The minimum Gasteiger partial charge on any atom is -0.319 e. The topological polar surface area (TPSA) is 97.9 Å². The van der Waals surface area contributed by atoms with E-state index < -0.39 is 0 Å². The largest absolute Gasteiger partial charge is 0.319 e. The van der Waals surface area contributed by atoms with Crippen LogP contribution < -0.4 is 16.6 Å². The van der Waals surface area contributed by atoms with E-state index in [1.807, 2.05) is 20.8 Å². The Morgan fingerprint density at radius 3 is 2.76 bits per heavy atom. The van der Waals surface area contributed by atoms with E-state index >= 15 is 0 Å². The second-order valence-electron chi connectivity index (χ2n) is 5.00. The fourth-order valence-corrected chi connectivity index (χ4v) is 1.86. The van der Waals surface area contributed by atoms with E-state index in [1.165, 1.54) is 0 Å². The predicted octanol–water partition coefficient (Wildman–Crippen LogP) is 1.96. The Hall–Kier alpha value is -2.41. The third-order valence-electron chi connectivity index (χ3n) is 3.06. The van der Waals surface area contributed by atoms with Gasteiger partial charge in [0.1, 0.15) is 5.82 Å². The standard InChI is InChI=1S/C14H20N6O/c1-4-20-8-11(7-16-20)17-14(21)10-5-12(9(2)3)18-13(6-10)19-15/h5-9H,4,15H2,1-3H3,(H,17,21)(H,18,19). The Balaban J connectivity index is 2.23. The second-order valence-corrected chi connectivity index (χ2v) is 5.00. The molecule has 112 valence electrons. The van der Waals surface area contributed by atoms with Gasteiger partial charge in [0, 0.05) is 24.0 Å². The quantitative estimate of drug-likeness (QED) is 0.577. The number of nitrogens with two attached hydrogens (primary N) is 1. The summed E-state index contributed by atoms with van der Waals surface area (Å²) in [5, 5.41) is 6.93. The summed E-state index contributed by atoms with van der Waals surface area (Å²) in [6.45, 7) is 6.75. The van der Waals surface area contributed by atoms with Gasteiger partial charge in [-0.3, -0.25) is 9.48 Å². The molecule has 2 aromatic heterocycles. The van der Waals surface area contributed by atoms with E-state index in [4.69, 9.17) is 5.84 Å². The van der Waals surface area contributed by atoms with Crippen LogP contribution in [0.4, 0.5) is 11.5 Å². The number of aromatic nitrogens is 3. The Labute approximate surface area is 123 Å². The average Bonchev–Trinajstić information content (AvgIpc) is 2.94. The van der Waals surface area contributed by atoms with Gasteiger partial charge in [-0.2, -0.15) is 5.10 Å². The summed E-state index contributed by atoms with van der Waals surface area (Å²) in [5.41, 5.74) is 4.46. The lowest BCUT2D eigenvalue weighted by Crippen LogP contribution is -2.15. The maximum absolute atomic E-state index is 12.3. The van der Waals surface area contributed by atoms with Gasteiger partial charge in [-0.1, -0.05) is 13.8 Å². The highest BCUT2D eigenvalue weighted by molar-refractivity contribution is 6.04. The van der Waals surface area contributed by atoms with Crippen LogP contribution in [0.2, 0.25) is 0 Å². The summed E-state index contributed by atoms with van der Waals surface area (Å²) < 4.78 is 1.74. The molecular formula is C14H20N6O. The van der Waals surface area contributed by atoms with Crippen LogP contribution in [0.3, 0.4) is 0 Å². The summed E-state index contributed by atoms with van der Waals surface area (Å²) in [6, 6.07) is 3.39. The number of pyridine rings is 1. The van der Waals surface area contributed by atoms with Gasteiger partial charge in [-0.05, 0) is 25.0 Å². The van der Waals surface area contributed by atoms with Crippen molar-refractivity contribution in [3.05, 3.63) is 35.8 Å². The number of amides is 1. The molecule has 0 saturated heterocycles. The molecule has 0 bridgehead atoms. The van der Waals surface area contributed by atoms with Crippen molar-refractivity contribution < 1.29 is 4.79 Å². The number of nitrogen functional groups attached to an aromatic ring is 1. The molecule has 0 aromatic carbocycles. The Bertz CT molecular complexity index is 634. The normalized spacial score (nSPS) is 10.7. The molecule has 7 nitrogen and oxygen atoms in total. The lowest BCUT2D eigenvalue weighted by atomic mass is 10.1. The van der Waals surface area contributed by atoms with Crippen LogP contribution in [0, 0.1) is 0 Å². The minimum atomic E-state index is -0.216. The van der Waals surface area contributed by atoms with Crippen molar-refractivity contribution in [1.82, 2.24) is 14.8 Å². The first-order valence-corrected chi connectivity index (χ1v) is 6.86. The smallest absolute Gasteiger partial charge is 0.255 e. The molecule has 0 unspecified atom stereocenters. The molecule has 2 aromatic rings. The molecule has 4 N–H and O–H groups in total. The molecule has 0 saturated carbocycles. The number of nitrogens with one attached hydrogen (secondary N) is 2. The molecule has 21 heavy (non-hydrogen) atoms. The molecule has 0 fully saturated rings. The van der Waals surface area contributed by atoms with E-state index in [2.05, 4.69) is 20.8 Å². The molecule has 0 aliphatic heterocycles. The summed E-state index contributed by atoms with van der Waals surface area (Å²) >= 11 is 0. The van der Waals surface area contributed by atoms with Crippen molar-refractivity contribution in [2.75, 3.05) is 10.7 Å². The number of hydrogen-bond acceptors (Lipinski definition) is 5. The van der Waals surface area contributed by atoms with Crippen LogP contribution in [0.5, 0.6) is 0 Å². The van der Waals surface area contributed by atoms with Crippen LogP contribution in [-0.4, -0.2) is 20.7 Å². The van der Waals surface area contributed by atoms with E-state index in [0.29, 0.717) is 17.1 Å². The maximum atomic E-state index is 12.3. The second kappa shape index (κ2) is 6.36. The molecule has 2 rings (SSSR count). The molecular weight excluding hydrogens is 268 g/mol. The van der Waals surface area contributed by atoms with Crippen molar-refractivity contribution in [3.8, 4) is 0 Å². The number of nitrogens with zero attached hydrogens (tertiary/aromatic N) is 3. The van der Waals surface area contributed by atoms with Crippen LogP contribution in [0.25, 0.3) is 0 Å². The van der Waals surface area contributed by atoms with Gasteiger partial charge >= 0.3 is 0 Å². The number of hydrogen-bond donors (Lipinski definition) is 3. The molecule has 2 heterocycles. The van der Waals surface area contributed by atoms with Crippen molar-refractivity contribution >= 4 is 17.4 Å². The lowest BCUT2D eigenvalue weighted by Gasteiger charge is -2.10. The molecule has 7 heteroatoms. The van der Waals surface area contributed by atoms with Crippen LogP contribution in [0.1, 0.15) is 42.7 Å². The van der Waals surface area contributed by atoms with Crippen molar-refractivity contribution in [2.24, 2.45) is 5.84 Å². The zero-order chi connectivity index (χ0) is 15.4. The zero-order valence-electron chi connectivity index (χ0n) is 12.4. The zero-order valence-corrected chi connectivity index (χ0v) is 12.4. The number of rotatable bonds is 5. The van der Waals surface area contributed by atoms with Gasteiger partial charge in [0.2, 0.25) is 0 Å². The number of carbonyl (C=O) groups is 1. The van der Waals surface area contributed by atoms with E-state index in [0.717, 1.165) is 12.2 Å². The molecule has 1 amide bonds. The summed E-state index contributed by atoms with van der Waals surface area (Å²) in [5.74, 6) is 5.86. The number of aryl methyl sites for hydroxylation is 1. The summed E-state index contributed by atoms with van der Waals surface area (Å²) in [7, 11) is 0. The van der Waals surface area contributed by atoms with Crippen molar-refractivity contribution in [1.29, 1.82) is 0 Å². The molecule has 0 spiro atoms. The third kappa shape index (κ3) is 3.57. The lowest BCUT2D eigenvalue weighted by molar-refractivity contribution is 0.102. The molecule has 0 radical (unpaired) electrons. The van der Waals surface area contributed by atoms with Gasteiger partial charge in [-0.15, -0.1) is 0 Å². The highest BCUT2D eigenvalue weighted by Gasteiger charge is 2.12. The van der Waals surface area contributed by atoms with Gasteiger partial charge in [0.15, 0.2) is 0 Å². The molecule has 0 atom stereocenters. The van der Waals surface area contributed by atoms with Gasteiger partial charge < -0.3 is 10.7 Å². The Kier molecular flexibility index (Phi) is 4.54. The summed E-state index contributed by atoms with van der Waals surface area (Å²) in [4.78, 5) is 16.6. The fourth-order valence-electron chi connectivity index (χ4n) is 1.86. The average molecular weight is 288 g/mol. The van der Waals surface area contributed by atoms with E-state index in [-0.39, 0.29) is 11.8 Å². The van der Waals surface area contributed by atoms with Crippen molar-refractivity contribution in [3.63, 3.8) is 0 Å². The van der Waals surface area contributed by atoms with Crippen LogP contribution in [0.15, 0.2) is 24.5 Å². The Morgan fingerprint density at radius 2 is 2.19 bits per heavy atom. The van der Waals surface area contributed by atoms with Crippen LogP contribution >= 0.6 is 0 Å². The van der Waals surface area contributed by atoms with Crippen LogP contribution in [-0.2, 0) is 6.54 Å².